The van der Waals surface area contributed by atoms with Crippen molar-refractivity contribution in [1.29, 1.82) is 0 Å². The number of benzene rings is 1. The number of nitrogens with zero attached hydrogens (tertiary/aromatic N) is 2. The highest BCUT2D eigenvalue weighted by atomic mass is 16.5. The summed E-state index contributed by atoms with van der Waals surface area (Å²) in [6, 6.07) is 7.54. The lowest BCUT2D eigenvalue weighted by Crippen LogP contribution is -2.55. The molecule has 0 bridgehead atoms. The molecular weight excluding hydrogens is 278 g/mol. The predicted octanol–water partition coefficient (Wildman–Crippen LogP) is 1.22. The van der Waals surface area contributed by atoms with Crippen molar-refractivity contribution in [1.82, 2.24) is 9.80 Å². The predicted molar refractivity (Wildman–Crippen MR) is 85.6 cm³/mol. The van der Waals surface area contributed by atoms with Crippen molar-refractivity contribution in [2.75, 3.05) is 26.7 Å². The van der Waals surface area contributed by atoms with Crippen molar-refractivity contribution in [3.8, 4) is 5.75 Å². The Morgan fingerprint density at radius 2 is 2.00 bits per heavy atom. The third-order valence-electron chi connectivity index (χ3n) is 4.74. The molecule has 3 rings (SSSR count). The SMILES string of the molecule is CC(N)C(=O)N1Cc2ccccc2OC2(CCN(C)CC2)C1. The molecule has 5 nitrogen and oxygen atoms in total. The van der Waals surface area contributed by atoms with E-state index in [4.69, 9.17) is 10.5 Å². The van der Waals surface area contributed by atoms with Crippen LogP contribution >= 0.6 is 0 Å². The number of carbonyl (C=O) groups excluding carboxylic acids is 1. The Labute approximate surface area is 132 Å². The molecule has 5 heteroatoms. The van der Waals surface area contributed by atoms with Crippen LogP contribution in [-0.2, 0) is 11.3 Å². The van der Waals surface area contributed by atoms with Gasteiger partial charge < -0.3 is 20.3 Å². The van der Waals surface area contributed by atoms with Crippen molar-refractivity contribution < 1.29 is 9.53 Å². The number of nitrogens with two attached hydrogens (primary N) is 1. The Balaban J connectivity index is 1.93. The average molecular weight is 303 g/mol. The average Bonchev–Trinajstić information content (AvgIpc) is 2.66. The molecule has 2 aliphatic heterocycles. The molecule has 1 atom stereocenters. The fourth-order valence-electron chi connectivity index (χ4n) is 3.34. The van der Waals surface area contributed by atoms with Gasteiger partial charge in [-0.25, -0.2) is 0 Å². The lowest BCUT2D eigenvalue weighted by molar-refractivity contribution is -0.136. The fourth-order valence-corrected chi connectivity index (χ4v) is 3.34. The van der Waals surface area contributed by atoms with Gasteiger partial charge in [0.25, 0.3) is 0 Å². The second-order valence-electron chi connectivity index (χ2n) is 6.68. The molecule has 1 amide bonds. The summed E-state index contributed by atoms with van der Waals surface area (Å²) in [5.41, 5.74) is 6.61. The van der Waals surface area contributed by atoms with Crippen molar-refractivity contribution in [2.45, 2.75) is 38.0 Å². The van der Waals surface area contributed by atoms with E-state index in [1.807, 2.05) is 29.2 Å². The van der Waals surface area contributed by atoms with Crippen LogP contribution in [0.15, 0.2) is 24.3 Å². The van der Waals surface area contributed by atoms with Crippen LogP contribution < -0.4 is 10.5 Å². The number of fused-ring (bicyclic) bond motifs is 1. The summed E-state index contributed by atoms with van der Waals surface area (Å²) in [5.74, 6) is 0.908. The van der Waals surface area contributed by atoms with Crippen LogP contribution in [0.2, 0.25) is 0 Å². The van der Waals surface area contributed by atoms with E-state index in [1.165, 1.54) is 0 Å². The van der Waals surface area contributed by atoms with Gasteiger partial charge in [0, 0.05) is 38.0 Å². The summed E-state index contributed by atoms with van der Waals surface area (Å²) in [5, 5.41) is 0. The first kappa shape index (κ1) is 15.3. The van der Waals surface area contributed by atoms with E-state index < -0.39 is 6.04 Å². The number of likely N-dealkylation sites (tertiary alicyclic amines) is 1. The minimum Gasteiger partial charge on any atom is -0.485 e. The van der Waals surface area contributed by atoms with Gasteiger partial charge in [0.05, 0.1) is 12.6 Å². The van der Waals surface area contributed by atoms with Gasteiger partial charge in [-0.2, -0.15) is 0 Å². The maximum Gasteiger partial charge on any atom is 0.239 e. The first-order chi connectivity index (χ1) is 10.5. The van der Waals surface area contributed by atoms with E-state index in [0.29, 0.717) is 13.1 Å². The molecule has 0 saturated carbocycles. The number of hydrogen-bond acceptors (Lipinski definition) is 4. The first-order valence-corrected chi connectivity index (χ1v) is 7.99. The number of rotatable bonds is 1. The van der Waals surface area contributed by atoms with Crippen LogP contribution in [-0.4, -0.2) is 54.0 Å². The van der Waals surface area contributed by atoms with Crippen LogP contribution in [0.3, 0.4) is 0 Å². The lowest BCUT2D eigenvalue weighted by atomic mass is 9.90. The number of amides is 1. The molecule has 1 spiro atoms. The summed E-state index contributed by atoms with van der Waals surface area (Å²) in [7, 11) is 2.13. The molecule has 2 aliphatic rings. The Kier molecular flexibility index (Phi) is 4.10. The summed E-state index contributed by atoms with van der Waals surface area (Å²) >= 11 is 0. The third-order valence-corrected chi connectivity index (χ3v) is 4.74. The topological polar surface area (TPSA) is 58.8 Å². The molecule has 1 fully saturated rings. The third kappa shape index (κ3) is 2.96. The molecular formula is C17H25N3O2. The zero-order chi connectivity index (χ0) is 15.7. The highest BCUT2D eigenvalue weighted by molar-refractivity contribution is 5.81. The number of ether oxygens (including phenoxy) is 1. The van der Waals surface area contributed by atoms with Gasteiger partial charge in [0.1, 0.15) is 11.4 Å². The highest BCUT2D eigenvalue weighted by Gasteiger charge is 2.41. The summed E-state index contributed by atoms with van der Waals surface area (Å²) in [4.78, 5) is 16.7. The van der Waals surface area contributed by atoms with E-state index >= 15 is 0 Å². The number of hydrogen-bond donors (Lipinski definition) is 1. The number of para-hydroxylation sites is 1. The minimum atomic E-state index is -0.478. The first-order valence-electron chi connectivity index (χ1n) is 7.99. The van der Waals surface area contributed by atoms with Gasteiger partial charge in [0.2, 0.25) is 5.91 Å². The van der Waals surface area contributed by atoms with Gasteiger partial charge >= 0.3 is 0 Å². The van der Waals surface area contributed by atoms with Crippen molar-refractivity contribution in [3.05, 3.63) is 29.8 Å². The van der Waals surface area contributed by atoms with E-state index in [1.54, 1.807) is 6.92 Å². The second-order valence-corrected chi connectivity index (χ2v) is 6.68. The summed E-state index contributed by atoms with van der Waals surface area (Å²) in [6.07, 6.45) is 1.86. The normalized spacial score (nSPS) is 22.6. The minimum absolute atomic E-state index is 0.00129. The molecule has 120 valence electrons. The molecule has 1 aromatic rings. The highest BCUT2D eigenvalue weighted by Crippen LogP contribution is 2.35. The van der Waals surface area contributed by atoms with E-state index in [0.717, 1.165) is 37.2 Å². The molecule has 0 aromatic heterocycles. The fraction of sp³-hybridized carbons (Fsp3) is 0.588. The van der Waals surface area contributed by atoms with Crippen molar-refractivity contribution in [2.24, 2.45) is 5.73 Å². The van der Waals surface area contributed by atoms with Gasteiger partial charge in [-0.15, -0.1) is 0 Å². The van der Waals surface area contributed by atoms with Gasteiger partial charge in [-0.1, -0.05) is 18.2 Å². The largest absolute Gasteiger partial charge is 0.485 e. The quantitative estimate of drug-likeness (QED) is 0.847. The molecule has 2 N–H and O–H groups in total. The standard InChI is InChI=1S/C17H25N3O2/c1-13(18)16(21)20-11-14-5-3-4-6-15(14)22-17(12-20)7-9-19(2)10-8-17/h3-6,13H,7-12,18H2,1-2H3. The van der Waals surface area contributed by atoms with Crippen LogP contribution in [0.1, 0.15) is 25.3 Å². The van der Waals surface area contributed by atoms with Crippen molar-refractivity contribution >= 4 is 5.91 Å². The molecule has 2 heterocycles. The van der Waals surface area contributed by atoms with Crippen LogP contribution in [0.4, 0.5) is 0 Å². The molecule has 0 radical (unpaired) electrons. The van der Waals surface area contributed by atoms with E-state index in [-0.39, 0.29) is 11.5 Å². The van der Waals surface area contributed by atoms with Gasteiger partial charge in [0.15, 0.2) is 0 Å². The number of piperidine rings is 1. The Bertz CT molecular complexity index is 551. The smallest absolute Gasteiger partial charge is 0.239 e. The van der Waals surface area contributed by atoms with Crippen LogP contribution in [0, 0.1) is 0 Å². The Morgan fingerprint density at radius 3 is 2.68 bits per heavy atom. The van der Waals surface area contributed by atoms with Crippen LogP contribution in [0.25, 0.3) is 0 Å². The second kappa shape index (κ2) is 5.89. The maximum atomic E-state index is 12.5. The zero-order valence-corrected chi connectivity index (χ0v) is 13.4. The van der Waals surface area contributed by atoms with Gasteiger partial charge in [-0.3, -0.25) is 4.79 Å². The summed E-state index contributed by atoms with van der Waals surface area (Å²) < 4.78 is 6.43. The summed E-state index contributed by atoms with van der Waals surface area (Å²) in [6.45, 7) is 4.93. The zero-order valence-electron chi connectivity index (χ0n) is 13.4. The molecule has 1 aromatic carbocycles. The monoisotopic (exact) mass is 303 g/mol. The number of carbonyl (C=O) groups is 1. The van der Waals surface area contributed by atoms with Crippen molar-refractivity contribution in [3.63, 3.8) is 0 Å². The molecule has 22 heavy (non-hydrogen) atoms. The van der Waals surface area contributed by atoms with E-state index in [2.05, 4.69) is 11.9 Å². The van der Waals surface area contributed by atoms with Crippen LogP contribution in [0.5, 0.6) is 5.75 Å². The molecule has 0 aliphatic carbocycles. The molecule has 1 saturated heterocycles. The maximum absolute atomic E-state index is 12.5. The Morgan fingerprint density at radius 1 is 1.32 bits per heavy atom. The molecule has 1 unspecified atom stereocenters. The van der Waals surface area contributed by atoms with E-state index in [9.17, 15) is 4.79 Å². The lowest BCUT2D eigenvalue weighted by Gasteiger charge is -2.42. The van der Waals surface area contributed by atoms with Gasteiger partial charge in [-0.05, 0) is 20.0 Å². The Hall–Kier alpha value is -1.59.